The normalized spacial score (nSPS) is 14.8. The van der Waals surface area contributed by atoms with E-state index in [2.05, 4.69) is 4.99 Å². The number of nitro groups is 1. The third-order valence-electron chi connectivity index (χ3n) is 2.46. The molecule has 0 spiro atoms. The van der Waals surface area contributed by atoms with Gasteiger partial charge in [-0.05, 0) is 23.8 Å². The lowest BCUT2D eigenvalue weighted by Gasteiger charge is -2.12. The summed E-state index contributed by atoms with van der Waals surface area (Å²) in [5, 5.41) is 10.7. The third-order valence-corrected chi connectivity index (χ3v) is 3.20. The lowest BCUT2D eigenvalue weighted by molar-refractivity contribution is -0.526. The molecule has 0 amide bonds. The molecule has 0 aliphatic carbocycles. The molecule has 1 aromatic carbocycles. The molecule has 8 heteroatoms. The molecule has 1 aliphatic rings. The Morgan fingerprint density at radius 1 is 1.42 bits per heavy atom. The molecule has 1 N–H and O–H groups in total. The molecule has 0 bridgehead atoms. The Balaban J connectivity index is 2.07. The quantitative estimate of drug-likeness (QED) is 0.687. The average Bonchev–Trinajstić information content (AvgIpc) is 2.77. The largest absolute Gasteiger partial charge is 0.313 e. The molecule has 0 aromatic heterocycles. The standard InChI is InChI=1S/C11H10Cl2N4O2/c12-9-2-1-8(7-10(9)13)3-5-16-6-4-14-11(16)15-17(18)19/h1-3,5,7H,4,6H2,(H,14,15). The van der Waals surface area contributed by atoms with Crippen molar-refractivity contribution < 1.29 is 5.03 Å². The van der Waals surface area contributed by atoms with E-state index in [4.69, 9.17) is 23.2 Å². The molecule has 1 heterocycles. The number of nitrogens with one attached hydrogen (secondary N) is 1. The molecule has 0 unspecified atom stereocenters. The van der Waals surface area contributed by atoms with Crippen molar-refractivity contribution in [2.75, 3.05) is 13.1 Å². The highest BCUT2D eigenvalue weighted by atomic mass is 35.5. The minimum absolute atomic E-state index is 0.223. The molecule has 2 rings (SSSR count). The van der Waals surface area contributed by atoms with Crippen molar-refractivity contribution in [2.45, 2.75) is 0 Å². The van der Waals surface area contributed by atoms with Crippen LogP contribution in [0.1, 0.15) is 5.56 Å². The van der Waals surface area contributed by atoms with E-state index >= 15 is 0 Å². The summed E-state index contributed by atoms with van der Waals surface area (Å²) in [6.45, 7) is 1.11. The van der Waals surface area contributed by atoms with Crippen molar-refractivity contribution in [2.24, 2.45) is 4.99 Å². The van der Waals surface area contributed by atoms with E-state index in [0.717, 1.165) is 5.56 Å². The van der Waals surface area contributed by atoms with Gasteiger partial charge in [-0.15, -0.1) is 0 Å². The first kappa shape index (κ1) is 13.6. The zero-order valence-corrected chi connectivity index (χ0v) is 11.2. The van der Waals surface area contributed by atoms with E-state index in [1.807, 2.05) is 5.43 Å². The summed E-state index contributed by atoms with van der Waals surface area (Å²) in [7, 11) is 0. The highest BCUT2D eigenvalue weighted by molar-refractivity contribution is 6.42. The maximum absolute atomic E-state index is 10.4. The molecule has 0 saturated heterocycles. The zero-order valence-electron chi connectivity index (χ0n) is 9.72. The first-order valence-corrected chi connectivity index (χ1v) is 6.17. The summed E-state index contributed by atoms with van der Waals surface area (Å²) >= 11 is 11.7. The van der Waals surface area contributed by atoms with Crippen LogP contribution in [0.25, 0.3) is 6.08 Å². The second-order valence-electron chi connectivity index (χ2n) is 3.76. The van der Waals surface area contributed by atoms with E-state index in [9.17, 15) is 10.1 Å². The highest BCUT2D eigenvalue weighted by Crippen LogP contribution is 2.23. The average molecular weight is 301 g/mol. The van der Waals surface area contributed by atoms with E-state index < -0.39 is 5.03 Å². The molecule has 19 heavy (non-hydrogen) atoms. The van der Waals surface area contributed by atoms with Gasteiger partial charge >= 0.3 is 0 Å². The molecule has 6 nitrogen and oxygen atoms in total. The van der Waals surface area contributed by atoms with Crippen LogP contribution in [0.5, 0.6) is 0 Å². The van der Waals surface area contributed by atoms with Crippen LogP contribution in [-0.4, -0.2) is 29.0 Å². The SMILES string of the molecule is O=[N+]([O-])NC1=NCCN1C=Cc1ccc(Cl)c(Cl)c1. The lowest BCUT2D eigenvalue weighted by Crippen LogP contribution is -2.38. The summed E-state index contributed by atoms with van der Waals surface area (Å²) in [5.74, 6) is 0.223. The van der Waals surface area contributed by atoms with Gasteiger partial charge in [-0.2, -0.15) is 0 Å². The summed E-state index contributed by atoms with van der Waals surface area (Å²) in [6, 6.07) is 5.21. The monoisotopic (exact) mass is 300 g/mol. The highest BCUT2D eigenvalue weighted by Gasteiger charge is 2.18. The molecule has 1 aromatic rings. The summed E-state index contributed by atoms with van der Waals surface area (Å²) in [4.78, 5) is 16.0. The smallest absolute Gasteiger partial charge is 0.261 e. The van der Waals surface area contributed by atoms with Crippen LogP contribution in [0.4, 0.5) is 0 Å². The maximum Gasteiger partial charge on any atom is 0.261 e. The summed E-state index contributed by atoms with van der Waals surface area (Å²) in [6.07, 6.45) is 3.49. The van der Waals surface area contributed by atoms with Crippen molar-refractivity contribution in [1.82, 2.24) is 10.3 Å². The predicted molar refractivity (Wildman–Crippen MR) is 74.6 cm³/mol. The van der Waals surface area contributed by atoms with Crippen molar-refractivity contribution in [3.05, 3.63) is 50.1 Å². The number of aliphatic imine (C=N–C) groups is 1. The molecule has 100 valence electrons. The lowest BCUT2D eigenvalue weighted by atomic mass is 10.2. The van der Waals surface area contributed by atoms with Gasteiger partial charge in [0.15, 0.2) is 5.03 Å². The Morgan fingerprint density at radius 2 is 2.21 bits per heavy atom. The topological polar surface area (TPSA) is 70.8 Å². The van der Waals surface area contributed by atoms with E-state index in [1.165, 1.54) is 0 Å². The third kappa shape index (κ3) is 3.59. The fourth-order valence-electron chi connectivity index (χ4n) is 1.58. The van der Waals surface area contributed by atoms with Crippen LogP contribution in [0, 0.1) is 10.1 Å². The van der Waals surface area contributed by atoms with Gasteiger partial charge in [0.2, 0.25) is 0 Å². The van der Waals surface area contributed by atoms with Crippen molar-refractivity contribution in [3.63, 3.8) is 0 Å². The molecule has 0 saturated carbocycles. The van der Waals surface area contributed by atoms with Gasteiger partial charge in [0, 0.05) is 12.7 Å². The number of hydrogen-bond acceptors (Lipinski definition) is 4. The molecule has 0 fully saturated rings. The van der Waals surface area contributed by atoms with Gasteiger partial charge in [-0.25, -0.2) is 15.1 Å². The van der Waals surface area contributed by atoms with Gasteiger partial charge < -0.3 is 4.90 Å². The van der Waals surface area contributed by atoms with Gasteiger partial charge in [-0.1, -0.05) is 34.7 Å². The fraction of sp³-hybridized carbons (Fsp3) is 0.182. The number of hydrazine groups is 1. The maximum atomic E-state index is 10.4. The van der Waals surface area contributed by atoms with Crippen LogP contribution in [-0.2, 0) is 0 Å². The Bertz CT molecular complexity index is 560. The number of halogens is 2. The second-order valence-corrected chi connectivity index (χ2v) is 4.57. The van der Waals surface area contributed by atoms with Crippen LogP contribution >= 0.6 is 23.2 Å². The fourth-order valence-corrected chi connectivity index (χ4v) is 1.89. The van der Waals surface area contributed by atoms with Crippen molar-refractivity contribution >= 4 is 35.2 Å². The van der Waals surface area contributed by atoms with Crippen LogP contribution in [0.3, 0.4) is 0 Å². The van der Waals surface area contributed by atoms with Crippen molar-refractivity contribution in [3.8, 4) is 0 Å². The number of benzene rings is 1. The number of nitrogens with zero attached hydrogens (tertiary/aromatic N) is 3. The number of hydrogen-bond donors (Lipinski definition) is 1. The van der Waals surface area contributed by atoms with Gasteiger partial charge in [0.1, 0.15) is 0 Å². The first-order valence-electron chi connectivity index (χ1n) is 5.41. The van der Waals surface area contributed by atoms with Crippen LogP contribution < -0.4 is 5.43 Å². The predicted octanol–water partition coefficient (Wildman–Crippen LogP) is 2.42. The first-order chi connectivity index (χ1) is 9.06. The van der Waals surface area contributed by atoms with Crippen molar-refractivity contribution in [1.29, 1.82) is 0 Å². The number of rotatable bonds is 3. The molecular formula is C11H10Cl2N4O2. The summed E-state index contributed by atoms with van der Waals surface area (Å²) < 4.78 is 0. The van der Waals surface area contributed by atoms with E-state index in [0.29, 0.717) is 23.1 Å². The minimum atomic E-state index is -0.635. The zero-order chi connectivity index (χ0) is 13.8. The summed E-state index contributed by atoms with van der Waals surface area (Å²) in [5.41, 5.74) is 2.90. The van der Waals surface area contributed by atoms with Crippen LogP contribution in [0.15, 0.2) is 29.4 Å². The Labute approximate surface area is 119 Å². The molecule has 0 atom stereocenters. The molecular weight excluding hydrogens is 291 g/mol. The van der Waals surface area contributed by atoms with Gasteiger partial charge in [0.25, 0.3) is 5.96 Å². The van der Waals surface area contributed by atoms with E-state index in [-0.39, 0.29) is 5.96 Å². The Hall–Kier alpha value is -1.79. The Morgan fingerprint density at radius 3 is 2.89 bits per heavy atom. The molecule has 1 aliphatic heterocycles. The molecule has 0 radical (unpaired) electrons. The number of guanidine groups is 1. The Kier molecular flexibility index (Phi) is 4.24. The van der Waals surface area contributed by atoms with Gasteiger partial charge in [0.05, 0.1) is 16.6 Å². The van der Waals surface area contributed by atoms with Crippen LogP contribution in [0.2, 0.25) is 10.0 Å². The minimum Gasteiger partial charge on any atom is -0.313 e. The second kappa shape index (κ2) is 5.90. The van der Waals surface area contributed by atoms with Gasteiger partial charge in [-0.3, -0.25) is 0 Å². The van der Waals surface area contributed by atoms with E-state index in [1.54, 1.807) is 35.4 Å².